The number of nitrogens with zero attached hydrogens (tertiary/aromatic N) is 2. The van der Waals surface area contributed by atoms with Gasteiger partial charge in [0, 0.05) is 23.7 Å². The second kappa shape index (κ2) is 3.17. The lowest BCUT2D eigenvalue weighted by Crippen LogP contribution is -2.29. The molecular weight excluding hydrogens is 158 g/mol. The summed E-state index contributed by atoms with van der Waals surface area (Å²) in [6.45, 7) is 0. The van der Waals surface area contributed by atoms with Crippen molar-refractivity contribution in [2.24, 2.45) is 10.7 Å². The maximum atomic E-state index is 10.5. The molecule has 1 aliphatic rings. The van der Waals surface area contributed by atoms with Crippen molar-refractivity contribution in [2.45, 2.75) is 6.04 Å². The van der Waals surface area contributed by atoms with Gasteiger partial charge in [-0.05, 0) is 12.2 Å². The van der Waals surface area contributed by atoms with Gasteiger partial charge < -0.3 is 5.73 Å². The first-order chi connectivity index (χ1) is 5.65. The average Bonchev–Trinajstić information content (AvgIpc) is 2.04. The molecule has 0 amide bonds. The van der Waals surface area contributed by atoms with Crippen LogP contribution in [0, 0.1) is 10.1 Å². The molecule has 0 spiro atoms. The Bertz CT molecular complexity index is 291. The van der Waals surface area contributed by atoms with Gasteiger partial charge in [0.25, 0.3) is 6.04 Å². The first-order valence-corrected chi connectivity index (χ1v) is 3.40. The summed E-state index contributed by atoms with van der Waals surface area (Å²) in [5.41, 5.74) is 6.23. The van der Waals surface area contributed by atoms with E-state index in [4.69, 9.17) is 5.73 Å². The summed E-state index contributed by atoms with van der Waals surface area (Å²) in [5.74, 6) is 0. The fourth-order valence-corrected chi connectivity index (χ4v) is 0.979. The number of nitrogens with two attached hydrogens (primary N) is 1. The minimum absolute atomic E-state index is 0.407. The SMILES string of the molecule is CN=C1C=CC(N)=CC1[N+](=O)[O-]. The lowest BCUT2D eigenvalue weighted by molar-refractivity contribution is -0.490. The highest BCUT2D eigenvalue weighted by Crippen LogP contribution is 2.07. The quantitative estimate of drug-likeness (QED) is 0.444. The molecular formula is C7H9N3O2. The first kappa shape index (κ1) is 8.45. The Morgan fingerprint density at radius 2 is 2.33 bits per heavy atom. The van der Waals surface area contributed by atoms with Crippen molar-refractivity contribution in [1.82, 2.24) is 0 Å². The Kier molecular flexibility index (Phi) is 2.23. The van der Waals surface area contributed by atoms with Crippen molar-refractivity contribution in [1.29, 1.82) is 0 Å². The van der Waals surface area contributed by atoms with E-state index in [2.05, 4.69) is 4.99 Å². The zero-order chi connectivity index (χ0) is 9.14. The van der Waals surface area contributed by atoms with Crippen LogP contribution in [0.5, 0.6) is 0 Å². The highest BCUT2D eigenvalue weighted by Gasteiger charge is 2.24. The average molecular weight is 167 g/mol. The number of aliphatic imine (C=N–C) groups is 1. The minimum Gasteiger partial charge on any atom is -0.399 e. The van der Waals surface area contributed by atoms with Crippen molar-refractivity contribution in [2.75, 3.05) is 7.05 Å². The topological polar surface area (TPSA) is 81.5 Å². The molecule has 0 aromatic heterocycles. The molecule has 0 bridgehead atoms. The summed E-state index contributed by atoms with van der Waals surface area (Å²) < 4.78 is 0. The van der Waals surface area contributed by atoms with Gasteiger partial charge in [-0.2, -0.15) is 0 Å². The molecule has 1 aliphatic carbocycles. The highest BCUT2D eigenvalue weighted by molar-refractivity contribution is 6.01. The Balaban J connectivity index is 2.97. The van der Waals surface area contributed by atoms with E-state index in [1.165, 1.54) is 13.1 Å². The molecule has 12 heavy (non-hydrogen) atoms. The lowest BCUT2D eigenvalue weighted by Gasteiger charge is -2.09. The maximum Gasteiger partial charge on any atom is 0.274 e. The van der Waals surface area contributed by atoms with Crippen LogP contribution in [0.3, 0.4) is 0 Å². The van der Waals surface area contributed by atoms with E-state index < -0.39 is 11.0 Å². The Labute approximate surface area is 69.4 Å². The van der Waals surface area contributed by atoms with Crippen molar-refractivity contribution in [3.63, 3.8) is 0 Å². The van der Waals surface area contributed by atoms with Gasteiger partial charge in [-0.25, -0.2) is 0 Å². The molecule has 0 fully saturated rings. The second-order valence-electron chi connectivity index (χ2n) is 2.38. The van der Waals surface area contributed by atoms with E-state index >= 15 is 0 Å². The van der Waals surface area contributed by atoms with E-state index in [1.54, 1.807) is 12.2 Å². The highest BCUT2D eigenvalue weighted by atomic mass is 16.6. The third-order valence-electron chi connectivity index (χ3n) is 1.59. The Hall–Kier alpha value is -1.65. The fraction of sp³-hybridized carbons (Fsp3) is 0.286. The smallest absolute Gasteiger partial charge is 0.274 e. The summed E-state index contributed by atoms with van der Waals surface area (Å²) >= 11 is 0. The summed E-state index contributed by atoms with van der Waals surface area (Å²) in [6.07, 6.45) is 4.54. The van der Waals surface area contributed by atoms with Gasteiger partial charge in [0.15, 0.2) is 0 Å². The Morgan fingerprint density at radius 3 is 2.83 bits per heavy atom. The van der Waals surface area contributed by atoms with Crippen molar-refractivity contribution < 1.29 is 4.92 Å². The van der Waals surface area contributed by atoms with E-state index in [1.807, 2.05) is 0 Å². The monoisotopic (exact) mass is 167 g/mol. The fourth-order valence-electron chi connectivity index (χ4n) is 0.979. The molecule has 0 aromatic rings. The molecule has 0 aromatic carbocycles. The van der Waals surface area contributed by atoms with Crippen LogP contribution < -0.4 is 5.73 Å². The molecule has 0 radical (unpaired) electrons. The summed E-state index contributed by atoms with van der Waals surface area (Å²) in [5, 5.41) is 10.5. The van der Waals surface area contributed by atoms with Crippen LogP contribution in [0.15, 0.2) is 28.9 Å². The zero-order valence-electron chi connectivity index (χ0n) is 6.60. The van der Waals surface area contributed by atoms with Crippen molar-refractivity contribution in [3.05, 3.63) is 34.0 Å². The van der Waals surface area contributed by atoms with Crippen LogP contribution in [0.4, 0.5) is 0 Å². The van der Waals surface area contributed by atoms with E-state index in [0.29, 0.717) is 11.4 Å². The number of nitro groups is 1. The van der Waals surface area contributed by atoms with Gasteiger partial charge in [0.1, 0.15) is 5.71 Å². The Morgan fingerprint density at radius 1 is 1.67 bits per heavy atom. The van der Waals surface area contributed by atoms with Gasteiger partial charge in [-0.3, -0.25) is 15.1 Å². The summed E-state index contributed by atoms with van der Waals surface area (Å²) in [6, 6.07) is -0.889. The normalized spacial score (nSPS) is 25.6. The van der Waals surface area contributed by atoms with Gasteiger partial charge in [-0.15, -0.1) is 0 Å². The van der Waals surface area contributed by atoms with Crippen LogP contribution in [0.2, 0.25) is 0 Å². The van der Waals surface area contributed by atoms with Gasteiger partial charge in [0.05, 0.1) is 0 Å². The number of rotatable bonds is 1. The third kappa shape index (κ3) is 1.50. The molecule has 5 nitrogen and oxygen atoms in total. The van der Waals surface area contributed by atoms with Crippen LogP contribution in [-0.2, 0) is 0 Å². The minimum atomic E-state index is -0.889. The second-order valence-corrected chi connectivity index (χ2v) is 2.38. The maximum absolute atomic E-state index is 10.5. The molecule has 0 aliphatic heterocycles. The predicted molar refractivity (Wildman–Crippen MR) is 45.6 cm³/mol. The number of hydrogen-bond acceptors (Lipinski definition) is 4. The van der Waals surface area contributed by atoms with Gasteiger partial charge >= 0.3 is 0 Å². The molecule has 64 valence electrons. The lowest BCUT2D eigenvalue weighted by atomic mass is 10.1. The molecule has 0 heterocycles. The molecule has 1 rings (SSSR count). The van der Waals surface area contributed by atoms with Crippen LogP contribution in [0.25, 0.3) is 0 Å². The van der Waals surface area contributed by atoms with E-state index in [9.17, 15) is 10.1 Å². The molecule has 0 saturated heterocycles. The van der Waals surface area contributed by atoms with Crippen LogP contribution in [0.1, 0.15) is 0 Å². The van der Waals surface area contributed by atoms with Gasteiger partial charge in [-0.1, -0.05) is 0 Å². The molecule has 1 unspecified atom stereocenters. The molecule has 0 saturated carbocycles. The van der Waals surface area contributed by atoms with Crippen LogP contribution >= 0.6 is 0 Å². The third-order valence-corrected chi connectivity index (χ3v) is 1.59. The largest absolute Gasteiger partial charge is 0.399 e. The molecule has 1 atom stereocenters. The molecule has 2 N–H and O–H groups in total. The van der Waals surface area contributed by atoms with Gasteiger partial charge in [0.2, 0.25) is 0 Å². The van der Waals surface area contributed by atoms with Crippen molar-refractivity contribution >= 4 is 5.71 Å². The standard InChI is InChI=1S/C7H9N3O2/c1-9-6-3-2-5(8)4-7(6)10(11)12/h2-4,7H,8H2,1H3. The van der Waals surface area contributed by atoms with Crippen molar-refractivity contribution in [3.8, 4) is 0 Å². The summed E-state index contributed by atoms with van der Waals surface area (Å²) in [4.78, 5) is 13.8. The summed E-state index contributed by atoms with van der Waals surface area (Å²) in [7, 11) is 1.52. The zero-order valence-corrected chi connectivity index (χ0v) is 6.60. The van der Waals surface area contributed by atoms with E-state index in [-0.39, 0.29) is 0 Å². The molecule has 5 heteroatoms. The number of hydrogen-bond donors (Lipinski definition) is 1. The number of allylic oxidation sites excluding steroid dienone is 1. The van der Waals surface area contributed by atoms with E-state index in [0.717, 1.165) is 0 Å². The predicted octanol–water partition coefficient (Wildman–Crippen LogP) is 0.115. The first-order valence-electron chi connectivity index (χ1n) is 3.40. The van der Waals surface area contributed by atoms with Crippen LogP contribution in [-0.4, -0.2) is 23.7 Å².